The van der Waals surface area contributed by atoms with Crippen LogP contribution in [-0.4, -0.2) is 37.0 Å². The summed E-state index contributed by atoms with van der Waals surface area (Å²) >= 11 is 0. The second kappa shape index (κ2) is 18.4. The first-order valence-electron chi connectivity index (χ1n) is 12.0. The number of unbranched alkanes of at least 4 members (excludes halogenated alkanes) is 9. The molecule has 0 heterocycles. The number of rotatable bonds is 21. The highest BCUT2D eigenvalue weighted by Gasteiger charge is 2.43. The van der Waals surface area contributed by atoms with Gasteiger partial charge in [0, 0.05) is 6.61 Å². The first-order chi connectivity index (χ1) is 13.5. The van der Waals surface area contributed by atoms with E-state index < -0.39 is 11.4 Å². The molecule has 0 amide bonds. The van der Waals surface area contributed by atoms with E-state index in [1.54, 1.807) is 0 Å². The first-order valence-corrected chi connectivity index (χ1v) is 12.0. The molecule has 0 aromatic rings. The van der Waals surface area contributed by atoms with Crippen molar-refractivity contribution >= 4 is 5.97 Å². The van der Waals surface area contributed by atoms with E-state index in [9.17, 15) is 9.90 Å². The number of carboxylic acid groups (broad SMARTS) is 1. The molecule has 0 rings (SSSR count). The summed E-state index contributed by atoms with van der Waals surface area (Å²) in [4.78, 5) is 12.4. The molecule has 0 bridgehead atoms. The summed E-state index contributed by atoms with van der Waals surface area (Å²) in [5.74, 6) is -0.683. The maximum Gasteiger partial charge on any atom is 0.312 e. The van der Waals surface area contributed by atoms with Crippen molar-refractivity contribution in [2.24, 2.45) is 5.41 Å². The van der Waals surface area contributed by atoms with Gasteiger partial charge in [-0.15, -0.1) is 0 Å². The smallest absolute Gasteiger partial charge is 0.312 e. The molecule has 0 aliphatic heterocycles. The largest absolute Gasteiger partial charge is 0.481 e. The first kappa shape index (κ1) is 27.4. The lowest BCUT2D eigenvalue weighted by atomic mass is 9.73. The number of ether oxygens (including phenoxy) is 2. The lowest BCUT2D eigenvalue weighted by Gasteiger charge is -2.35. The van der Waals surface area contributed by atoms with Crippen molar-refractivity contribution < 1.29 is 19.4 Å². The maximum atomic E-state index is 12.4. The molecular weight excluding hydrogens is 352 g/mol. The minimum Gasteiger partial charge on any atom is -0.481 e. The van der Waals surface area contributed by atoms with Gasteiger partial charge in [0.25, 0.3) is 0 Å². The molecule has 4 heteroatoms. The molecule has 168 valence electrons. The fraction of sp³-hybridized carbons (Fsp3) is 0.958. The van der Waals surface area contributed by atoms with Crippen molar-refractivity contribution in [1.29, 1.82) is 0 Å². The molecule has 28 heavy (non-hydrogen) atoms. The van der Waals surface area contributed by atoms with Crippen LogP contribution in [0.15, 0.2) is 0 Å². The minimum atomic E-state index is -0.762. The third kappa shape index (κ3) is 12.1. The molecule has 4 nitrogen and oxygen atoms in total. The van der Waals surface area contributed by atoms with Crippen molar-refractivity contribution in [2.75, 3.05) is 19.8 Å². The molecule has 0 aromatic heterocycles. The van der Waals surface area contributed by atoms with Crippen LogP contribution < -0.4 is 0 Å². The Morgan fingerprint density at radius 2 is 1.25 bits per heavy atom. The fourth-order valence-electron chi connectivity index (χ4n) is 3.80. The van der Waals surface area contributed by atoms with Crippen LogP contribution in [0.3, 0.4) is 0 Å². The monoisotopic (exact) mass is 400 g/mol. The highest BCUT2D eigenvalue weighted by atomic mass is 16.5. The zero-order valence-corrected chi connectivity index (χ0v) is 19.3. The molecule has 2 unspecified atom stereocenters. The van der Waals surface area contributed by atoms with Gasteiger partial charge < -0.3 is 14.6 Å². The van der Waals surface area contributed by atoms with Gasteiger partial charge in [-0.25, -0.2) is 0 Å². The highest BCUT2D eigenvalue weighted by molar-refractivity contribution is 5.75. The van der Waals surface area contributed by atoms with Crippen molar-refractivity contribution in [2.45, 2.75) is 124 Å². The van der Waals surface area contributed by atoms with E-state index >= 15 is 0 Å². The molecule has 0 saturated carbocycles. The standard InChI is InChI=1S/C24H48O4/c1-5-8-11-13-14-16-18-24(23(25)26,17-15-12-9-6-2)22(4)28-21-20-27-19-10-7-3/h22H,5-21H2,1-4H3,(H,25,26). The van der Waals surface area contributed by atoms with Crippen LogP contribution in [-0.2, 0) is 14.3 Å². The number of aliphatic carboxylic acids is 1. The topological polar surface area (TPSA) is 55.8 Å². The molecule has 0 saturated heterocycles. The van der Waals surface area contributed by atoms with Gasteiger partial charge in [0.15, 0.2) is 0 Å². The zero-order valence-electron chi connectivity index (χ0n) is 19.3. The van der Waals surface area contributed by atoms with Gasteiger partial charge >= 0.3 is 5.97 Å². The number of carboxylic acids is 1. The van der Waals surface area contributed by atoms with Crippen LogP contribution in [0.2, 0.25) is 0 Å². The van der Waals surface area contributed by atoms with Gasteiger partial charge in [0.2, 0.25) is 0 Å². The Bertz CT molecular complexity index is 359. The third-order valence-corrected chi connectivity index (χ3v) is 5.89. The molecule has 0 aliphatic rings. The maximum absolute atomic E-state index is 12.4. The van der Waals surface area contributed by atoms with Crippen LogP contribution >= 0.6 is 0 Å². The van der Waals surface area contributed by atoms with Gasteiger partial charge in [0.05, 0.1) is 24.7 Å². The van der Waals surface area contributed by atoms with Crippen LogP contribution in [0.25, 0.3) is 0 Å². The fourth-order valence-corrected chi connectivity index (χ4v) is 3.80. The Kier molecular flexibility index (Phi) is 18.0. The van der Waals surface area contributed by atoms with E-state index in [1.807, 2.05) is 6.92 Å². The molecule has 2 atom stereocenters. The number of carbonyl (C=O) groups is 1. The van der Waals surface area contributed by atoms with Crippen molar-refractivity contribution in [3.63, 3.8) is 0 Å². The summed E-state index contributed by atoms with van der Waals surface area (Å²) in [6.45, 7) is 10.3. The predicted octanol–water partition coefficient (Wildman–Crippen LogP) is 7.00. The van der Waals surface area contributed by atoms with Crippen LogP contribution in [0.1, 0.15) is 118 Å². The third-order valence-electron chi connectivity index (χ3n) is 5.89. The van der Waals surface area contributed by atoms with Crippen molar-refractivity contribution in [3.05, 3.63) is 0 Å². The van der Waals surface area contributed by atoms with Crippen LogP contribution in [0, 0.1) is 5.41 Å². The second-order valence-corrected chi connectivity index (χ2v) is 8.27. The van der Waals surface area contributed by atoms with Crippen LogP contribution in [0.5, 0.6) is 0 Å². The Morgan fingerprint density at radius 3 is 1.79 bits per heavy atom. The lowest BCUT2D eigenvalue weighted by Crippen LogP contribution is -2.43. The summed E-state index contributed by atoms with van der Waals surface area (Å²) in [7, 11) is 0. The summed E-state index contributed by atoms with van der Waals surface area (Å²) in [5.41, 5.74) is -0.762. The van der Waals surface area contributed by atoms with E-state index in [2.05, 4.69) is 20.8 Å². The molecule has 0 aliphatic carbocycles. The van der Waals surface area contributed by atoms with E-state index in [1.165, 1.54) is 38.5 Å². The Morgan fingerprint density at radius 1 is 0.750 bits per heavy atom. The average molecular weight is 401 g/mol. The Hall–Kier alpha value is -0.610. The summed E-state index contributed by atoms with van der Waals surface area (Å²) < 4.78 is 11.6. The highest BCUT2D eigenvalue weighted by Crippen LogP contribution is 2.37. The Labute approximate surface area is 174 Å². The minimum absolute atomic E-state index is 0.281. The van der Waals surface area contributed by atoms with Gasteiger partial charge in [-0.1, -0.05) is 91.4 Å². The Balaban J connectivity index is 4.68. The average Bonchev–Trinajstić information content (AvgIpc) is 2.68. The van der Waals surface area contributed by atoms with Crippen LogP contribution in [0.4, 0.5) is 0 Å². The van der Waals surface area contributed by atoms with E-state index in [0.717, 1.165) is 58.0 Å². The molecule has 0 spiro atoms. The summed E-state index contributed by atoms with van der Waals surface area (Å²) in [6.07, 6.45) is 14.8. The van der Waals surface area contributed by atoms with Gasteiger partial charge in [-0.05, 0) is 26.2 Å². The zero-order chi connectivity index (χ0) is 21.1. The summed E-state index contributed by atoms with van der Waals surface area (Å²) in [5, 5.41) is 10.2. The number of hydrogen-bond donors (Lipinski definition) is 1. The second-order valence-electron chi connectivity index (χ2n) is 8.27. The van der Waals surface area contributed by atoms with Gasteiger partial charge in [-0.2, -0.15) is 0 Å². The summed E-state index contributed by atoms with van der Waals surface area (Å²) in [6, 6.07) is 0. The molecule has 0 radical (unpaired) electrons. The normalized spacial score (nSPS) is 14.7. The molecular formula is C24H48O4. The predicted molar refractivity (Wildman–Crippen MR) is 118 cm³/mol. The van der Waals surface area contributed by atoms with Gasteiger partial charge in [0.1, 0.15) is 0 Å². The molecule has 1 N–H and O–H groups in total. The molecule has 0 aromatic carbocycles. The number of hydrogen-bond acceptors (Lipinski definition) is 3. The van der Waals surface area contributed by atoms with E-state index in [-0.39, 0.29) is 6.10 Å². The van der Waals surface area contributed by atoms with E-state index in [4.69, 9.17) is 9.47 Å². The van der Waals surface area contributed by atoms with Crippen molar-refractivity contribution in [3.8, 4) is 0 Å². The van der Waals surface area contributed by atoms with Crippen molar-refractivity contribution in [1.82, 2.24) is 0 Å². The van der Waals surface area contributed by atoms with E-state index in [0.29, 0.717) is 13.2 Å². The quantitative estimate of drug-likeness (QED) is 0.211. The van der Waals surface area contributed by atoms with Gasteiger partial charge in [-0.3, -0.25) is 4.79 Å². The SMILES string of the molecule is CCCCCCCCC(CCCCCC)(C(=O)O)C(C)OCCOCCCC. The molecule has 0 fully saturated rings. The lowest BCUT2D eigenvalue weighted by molar-refractivity contribution is -0.162.